The van der Waals surface area contributed by atoms with Gasteiger partial charge in [0.25, 0.3) is 0 Å². The van der Waals surface area contributed by atoms with E-state index >= 15 is 4.39 Å². The lowest BCUT2D eigenvalue weighted by atomic mass is 9.91. The van der Waals surface area contributed by atoms with E-state index in [1.165, 1.54) is 18.5 Å². The van der Waals surface area contributed by atoms with Gasteiger partial charge in [-0.15, -0.1) is 0 Å². The number of aliphatic imine (C=N–C) groups is 1. The highest BCUT2D eigenvalue weighted by Gasteiger charge is 2.49. The summed E-state index contributed by atoms with van der Waals surface area (Å²) in [7, 11) is -2.80. The number of amidine groups is 1. The molecular formula is C25H25ClF4N6O4S. The molecule has 3 N–H and O–H groups in total. The molecular weight excluding hydrogens is 592 g/mol. The van der Waals surface area contributed by atoms with E-state index in [2.05, 4.69) is 24.5 Å². The van der Waals surface area contributed by atoms with Crippen molar-refractivity contribution in [1.29, 1.82) is 0 Å². The number of nitrogens with two attached hydrogens (primary N) is 1. The fourth-order valence-corrected chi connectivity index (χ4v) is 6.78. The largest absolute Gasteiger partial charge is 0.490 e. The maximum atomic E-state index is 15.2. The summed E-state index contributed by atoms with van der Waals surface area (Å²) in [4.78, 5) is 21.8. The Hall–Kier alpha value is -3.59. The molecule has 0 spiro atoms. The van der Waals surface area contributed by atoms with Gasteiger partial charge in [-0.25, -0.2) is 27.7 Å². The smallest absolute Gasteiger partial charge is 0.475 e. The van der Waals surface area contributed by atoms with Crippen molar-refractivity contribution in [1.82, 2.24) is 15.1 Å². The zero-order chi connectivity index (χ0) is 30.4. The molecule has 0 bridgehead atoms. The number of aliphatic carboxylic acids is 1. The van der Waals surface area contributed by atoms with Crippen LogP contribution in [0.15, 0.2) is 50.5 Å². The molecule has 0 unspecified atom stereocenters. The molecule has 1 aliphatic heterocycles. The number of carboxylic acids is 1. The number of nitrogens with zero attached hydrogens (tertiary/aromatic N) is 5. The fraction of sp³-hybridized carbons (Fsp3) is 0.400. The van der Waals surface area contributed by atoms with Crippen molar-refractivity contribution in [2.75, 3.05) is 5.75 Å². The van der Waals surface area contributed by atoms with Crippen LogP contribution in [0.2, 0.25) is 5.02 Å². The minimum Gasteiger partial charge on any atom is -0.475 e. The Kier molecular flexibility index (Phi) is 7.90. The third-order valence-corrected chi connectivity index (χ3v) is 10.1. The first-order chi connectivity index (χ1) is 18.9. The first kappa shape index (κ1) is 30.4. The van der Waals surface area contributed by atoms with Crippen LogP contribution in [0.3, 0.4) is 0 Å². The Bertz CT molecular complexity index is 1630. The van der Waals surface area contributed by atoms with E-state index in [0.717, 1.165) is 12.8 Å². The molecule has 2 atom stereocenters. The van der Waals surface area contributed by atoms with Crippen LogP contribution in [-0.2, 0) is 20.1 Å². The minimum absolute atomic E-state index is 0.0702. The Morgan fingerprint density at radius 2 is 1.80 bits per heavy atom. The molecule has 41 heavy (non-hydrogen) atoms. The Morgan fingerprint density at radius 3 is 2.37 bits per heavy atom. The van der Waals surface area contributed by atoms with Gasteiger partial charge in [0, 0.05) is 29.6 Å². The first-order valence-electron chi connectivity index (χ1n) is 12.1. The molecule has 0 saturated heterocycles. The van der Waals surface area contributed by atoms with Gasteiger partial charge in [0.2, 0.25) is 0 Å². The number of hydrogen-bond donors (Lipinski definition) is 2. The second-order valence-corrected chi connectivity index (χ2v) is 13.4. The molecule has 2 aliphatic rings. The summed E-state index contributed by atoms with van der Waals surface area (Å²) in [6.07, 6.45) is -0.329. The summed E-state index contributed by atoms with van der Waals surface area (Å²) in [6.45, 7) is 5.33. The number of aromatic nitrogens is 3. The molecule has 220 valence electrons. The first-order valence-corrected chi connectivity index (χ1v) is 14.2. The number of benzene rings is 1. The summed E-state index contributed by atoms with van der Waals surface area (Å²) in [6, 6.07) is 6.29. The number of rotatable bonds is 4. The van der Waals surface area contributed by atoms with Gasteiger partial charge in [-0.2, -0.15) is 13.2 Å². The molecule has 0 amide bonds. The second-order valence-electron chi connectivity index (χ2n) is 10.2. The highest BCUT2D eigenvalue weighted by molar-refractivity contribution is 7.95. The summed E-state index contributed by atoms with van der Waals surface area (Å²) in [5.41, 5.74) is 6.41. The van der Waals surface area contributed by atoms with Crippen molar-refractivity contribution >= 4 is 33.1 Å². The van der Waals surface area contributed by atoms with Crippen LogP contribution in [0.5, 0.6) is 0 Å². The topological polar surface area (TPSA) is 157 Å². The molecule has 2 aromatic heterocycles. The lowest BCUT2D eigenvalue weighted by molar-refractivity contribution is -0.192. The van der Waals surface area contributed by atoms with Crippen LogP contribution in [-0.4, -0.2) is 59.0 Å². The summed E-state index contributed by atoms with van der Waals surface area (Å²) >= 11 is 5.85. The average molecular weight is 617 g/mol. The van der Waals surface area contributed by atoms with Gasteiger partial charge < -0.3 is 15.4 Å². The van der Waals surface area contributed by atoms with E-state index in [1.54, 1.807) is 39.0 Å². The SMILES string of the molecule is CC1(C)C(N)=N[C@](C)(c2cc(-c3cc(-c4ncc(Cl)cn4)no3)ccc2F)C[S@@]1(=O)=NC1CC1.O=C(O)C(F)(F)F. The van der Waals surface area contributed by atoms with Crippen LogP contribution < -0.4 is 5.73 Å². The number of carboxylic acid groups (broad SMARTS) is 1. The molecule has 0 radical (unpaired) electrons. The molecule has 3 aromatic rings. The van der Waals surface area contributed by atoms with Gasteiger partial charge in [0.15, 0.2) is 17.3 Å². The predicted octanol–water partition coefficient (Wildman–Crippen LogP) is 5.22. The van der Waals surface area contributed by atoms with Crippen LogP contribution in [0, 0.1) is 5.82 Å². The van der Waals surface area contributed by atoms with Crippen LogP contribution in [0.25, 0.3) is 22.8 Å². The molecule has 1 aliphatic carbocycles. The molecule has 16 heteroatoms. The normalized spacial score (nSPS) is 23.7. The van der Waals surface area contributed by atoms with Crippen molar-refractivity contribution in [2.45, 2.75) is 56.1 Å². The van der Waals surface area contributed by atoms with E-state index in [9.17, 15) is 17.4 Å². The number of halogens is 5. The maximum absolute atomic E-state index is 15.2. The molecule has 1 aromatic carbocycles. The van der Waals surface area contributed by atoms with Crippen molar-refractivity contribution in [2.24, 2.45) is 15.1 Å². The standard InChI is InChI=1S/C23H24ClFN6O2S.C2HF3O2/c1-22(2)21(26)29-23(3,12-34(22,32)31-15-5-6-15)16-8-13(4-7-17(16)25)19-9-18(30-33-19)20-27-10-14(24)11-28-20;3-2(4,5)1(6)7/h4,7-11,15H,5-6,12H2,1-3H3,(H2,26,29);(H,6,7)/t23-,34-;/m0./s1. The van der Waals surface area contributed by atoms with Crippen LogP contribution >= 0.6 is 11.6 Å². The van der Waals surface area contributed by atoms with Gasteiger partial charge >= 0.3 is 12.1 Å². The van der Waals surface area contributed by atoms with Gasteiger partial charge in [-0.3, -0.25) is 4.99 Å². The van der Waals surface area contributed by atoms with E-state index in [4.69, 9.17) is 31.8 Å². The van der Waals surface area contributed by atoms with Gasteiger partial charge in [-0.1, -0.05) is 16.8 Å². The molecule has 10 nitrogen and oxygen atoms in total. The number of carbonyl (C=O) groups is 1. The molecule has 3 heterocycles. The lowest BCUT2D eigenvalue weighted by Gasteiger charge is -2.40. The van der Waals surface area contributed by atoms with Gasteiger partial charge in [0.05, 0.1) is 26.5 Å². The minimum atomic E-state index is -5.08. The quantitative estimate of drug-likeness (QED) is 0.378. The van der Waals surface area contributed by atoms with Crippen LogP contribution in [0.4, 0.5) is 17.6 Å². The van der Waals surface area contributed by atoms with Crippen molar-refractivity contribution in [3.63, 3.8) is 0 Å². The average Bonchev–Trinajstić information content (AvgIpc) is 3.54. The van der Waals surface area contributed by atoms with Crippen molar-refractivity contribution in [3.05, 3.63) is 53.1 Å². The third kappa shape index (κ3) is 6.35. The highest BCUT2D eigenvalue weighted by atomic mass is 35.5. The number of hydrogen-bond acceptors (Lipinski definition) is 9. The van der Waals surface area contributed by atoms with Gasteiger partial charge in [-0.05, 0) is 51.8 Å². The highest BCUT2D eigenvalue weighted by Crippen LogP contribution is 2.42. The zero-order valence-corrected chi connectivity index (χ0v) is 23.5. The van der Waals surface area contributed by atoms with Crippen molar-refractivity contribution in [3.8, 4) is 22.8 Å². The molecule has 1 saturated carbocycles. The third-order valence-electron chi connectivity index (χ3n) is 6.56. The molecule has 1 fully saturated rings. The summed E-state index contributed by atoms with van der Waals surface area (Å²) < 4.78 is 70.2. The van der Waals surface area contributed by atoms with E-state index in [0.29, 0.717) is 27.9 Å². The van der Waals surface area contributed by atoms with E-state index < -0.39 is 38.0 Å². The van der Waals surface area contributed by atoms with Crippen LogP contribution in [0.1, 0.15) is 39.2 Å². The second kappa shape index (κ2) is 10.7. The number of alkyl halides is 3. The predicted molar refractivity (Wildman–Crippen MR) is 143 cm³/mol. The van der Waals surface area contributed by atoms with E-state index in [-0.39, 0.29) is 23.2 Å². The summed E-state index contributed by atoms with van der Waals surface area (Å²) in [5, 5.41) is 11.6. The lowest BCUT2D eigenvalue weighted by Crippen LogP contribution is -2.55. The fourth-order valence-electron chi connectivity index (χ4n) is 3.94. The Labute approximate surface area is 237 Å². The van der Waals surface area contributed by atoms with Gasteiger partial charge in [0.1, 0.15) is 21.9 Å². The monoisotopic (exact) mass is 616 g/mol. The Balaban J connectivity index is 0.000000493. The maximum Gasteiger partial charge on any atom is 0.490 e. The van der Waals surface area contributed by atoms with E-state index in [1.807, 2.05) is 0 Å². The molecule has 5 rings (SSSR count). The Morgan fingerprint density at radius 1 is 1.20 bits per heavy atom. The zero-order valence-electron chi connectivity index (χ0n) is 21.9. The van der Waals surface area contributed by atoms with Crippen molar-refractivity contribution < 1.29 is 36.2 Å². The summed E-state index contributed by atoms with van der Waals surface area (Å²) in [5.74, 6) is -2.20.